The van der Waals surface area contributed by atoms with Gasteiger partial charge in [-0.3, -0.25) is 0 Å². The van der Waals surface area contributed by atoms with Crippen molar-refractivity contribution in [2.45, 2.75) is 18.9 Å². The van der Waals surface area contributed by atoms with Crippen LogP contribution in [0.15, 0.2) is 48.5 Å². The minimum absolute atomic E-state index is 0.161. The second kappa shape index (κ2) is 5.21. The van der Waals surface area contributed by atoms with Crippen molar-refractivity contribution < 1.29 is 9.50 Å². The monoisotopic (exact) mass is 255 g/mol. The Bertz CT molecular complexity index is 629. The lowest BCUT2D eigenvalue weighted by Gasteiger charge is -2.24. The van der Waals surface area contributed by atoms with Crippen LogP contribution in [-0.2, 0) is 12.0 Å². The van der Waals surface area contributed by atoms with E-state index in [9.17, 15) is 9.50 Å². The van der Waals surface area contributed by atoms with Crippen molar-refractivity contribution in [3.05, 3.63) is 71.0 Å². The summed E-state index contributed by atoms with van der Waals surface area (Å²) in [4.78, 5) is 0. The van der Waals surface area contributed by atoms with E-state index in [0.29, 0.717) is 16.7 Å². The van der Waals surface area contributed by atoms with Gasteiger partial charge in [0.05, 0.1) is 17.2 Å². The summed E-state index contributed by atoms with van der Waals surface area (Å²) in [7, 11) is 0. The average Bonchev–Trinajstić information content (AvgIpc) is 2.41. The lowest BCUT2D eigenvalue weighted by molar-refractivity contribution is 0.0567. The predicted octanol–water partition coefficient (Wildman–Crippen LogP) is 3.15. The number of benzene rings is 2. The molecule has 1 unspecified atom stereocenters. The molecule has 0 saturated heterocycles. The molecule has 0 bridgehead atoms. The van der Waals surface area contributed by atoms with Crippen molar-refractivity contribution in [3.8, 4) is 6.07 Å². The molecule has 3 heteroatoms. The van der Waals surface area contributed by atoms with Crippen LogP contribution in [0.2, 0.25) is 0 Å². The molecule has 0 aliphatic carbocycles. The molecule has 0 aliphatic heterocycles. The molecule has 2 rings (SSSR count). The zero-order chi connectivity index (χ0) is 13.9. The van der Waals surface area contributed by atoms with Gasteiger partial charge < -0.3 is 5.11 Å². The fraction of sp³-hybridized carbons (Fsp3) is 0.188. The maximum absolute atomic E-state index is 13.6. The van der Waals surface area contributed by atoms with Gasteiger partial charge >= 0.3 is 0 Å². The third-order valence-electron chi connectivity index (χ3n) is 3.11. The highest BCUT2D eigenvalue weighted by atomic mass is 19.1. The van der Waals surface area contributed by atoms with Crippen molar-refractivity contribution >= 4 is 0 Å². The maximum atomic E-state index is 13.6. The molecule has 1 N–H and O–H groups in total. The van der Waals surface area contributed by atoms with Gasteiger partial charge in [0.2, 0.25) is 0 Å². The summed E-state index contributed by atoms with van der Waals surface area (Å²) in [6.45, 7) is 1.62. The summed E-state index contributed by atoms with van der Waals surface area (Å²) in [5, 5.41) is 19.4. The van der Waals surface area contributed by atoms with Gasteiger partial charge in [-0.1, -0.05) is 30.3 Å². The zero-order valence-electron chi connectivity index (χ0n) is 10.6. The molecule has 96 valence electrons. The predicted molar refractivity (Wildman–Crippen MR) is 70.8 cm³/mol. The Labute approximate surface area is 111 Å². The fourth-order valence-electron chi connectivity index (χ4n) is 2.04. The molecule has 2 aromatic carbocycles. The molecule has 0 fully saturated rings. The Hall–Kier alpha value is -2.18. The highest BCUT2D eigenvalue weighted by Crippen LogP contribution is 2.26. The molecule has 2 aromatic rings. The quantitative estimate of drug-likeness (QED) is 0.915. The van der Waals surface area contributed by atoms with E-state index in [1.165, 1.54) is 6.07 Å². The van der Waals surface area contributed by atoms with Crippen molar-refractivity contribution in [3.63, 3.8) is 0 Å². The highest BCUT2D eigenvalue weighted by molar-refractivity contribution is 5.36. The Morgan fingerprint density at radius 1 is 1.21 bits per heavy atom. The van der Waals surface area contributed by atoms with Crippen LogP contribution in [0, 0.1) is 17.1 Å². The maximum Gasteiger partial charge on any atom is 0.126 e. The number of aliphatic hydroxyl groups is 1. The largest absolute Gasteiger partial charge is 0.385 e. The lowest BCUT2D eigenvalue weighted by atomic mass is 9.88. The number of halogens is 1. The molecule has 0 amide bonds. The van der Waals surface area contributed by atoms with Gasteiger partial charge in [-0.15, -0.1) is 0 Å². The van der Waals surface area contributed by atoms with Crippen molar-refractivity contribution in [2.75, 3.05) is 0 Å². The molecule has 0 saturated carbocycles. The summed E-state index contributed by atoms with van der Waals surface area (Å²) in [5.74, 6) is -0.334. The zero-order valence-corrected chi connectivity index (χ0v) is 10.6. The lowest BCUT2D eigenvalue weighted by Crippen LogP contribution is -2.24. The van der Waals surface area contributed by atoms with Gasteiger partial charge in [-0.2, -0.15) is 5.26 Å². The standard InChI is InChI=1S/C16H14FNO/c1-16(19,10-13-6-2-3-8-15(13)17)14-7-4-5-12(9-14)11-18/h2-9,19H,10H2,1H3. The third-order valence-corrected chi connectivity index (χ3v) is 3.11. The smallest absolute Gasteiger partial charge is 0.126 e. The van der Waals surface area contributed by atoms with E-state index in [0.717, 1.165) is 0 Å². The highest BCUT2D eigenvalue weighted by Gasteiger charge is 2.25. The minimum atomic E-state index is -1.21. The molecule has 19 heavy (non-hydrogen) atoms. The first kappa shape index (κ1) is 13.3. The summed E-state index contributed by atoms with van der Waals surface area (Å²) in [5.41, 5.74) is 0.325. The second-order valence-electron chi connectivity index (χ2n) is 4.73. The number of hydrogen-bond donors (Lipinski definition) is 1. The Morgan fingerprint density at radius 2 is 1.95 bits per heavy atom. The van der Waals surface area contributed by atoms with Crippen LogP contribution < -0.4 is 0 Å². The summed E-state index contributed by atoms with van der Waals surface area (Å²) >= 11 is 0. The molecule has 0 aromatic heterocycles. The molecule has 0 radical (unpaired) electrons. The van der Waals surface area contributed by atoms with Crippen molar-refractivity contribution in [1.29, 1.82) is 5.26 Å². The van der Waals surface area contributed by atoms with Gasteiger partial charge in [0.25, 0.3) is 0 Å². The van der Waals surface area contributed by atoms with Crippen LogP contribution in [0.3, 0.4) is 0 Å². The number of rotatable bonds is 3. The van der Waals surface area contributed by atoms with Crippen LogP contribution >= 0.6 is 0 Å². The topological polar surface area (TPSA) is 44.0 Å². The number of nitrogens with zero attached hydrogens (tertiary/aromatic N) is 1. The van der Waals surface area contributed by atoms with Crippen LogP contribution in [0.4, 0.5) is 4.39 Å². The molecule has 2 nitrogen and oxygen atoms in total. The Balaban J connectivity index is 2.32. The van der Waals surface area contributed by atoms with Gasteiger partial charge in [-0.25, -0.2) is 4.39 Å². The fourth-order valence-corrected chi connectivity index (χ4v) is 2.04. The summed E-state index contributed by atoms with van der Waals surface area (Å²) in [6, 6.07) is 15.1. The molecule has 0 aliphatic rings. The molecule has 1 atom stereocenters. The van der Waals surface area contributed by atoms with Gasteiger partial charge in [0.1, 0.15) is 5.82 Å². The van der Waals surface area contributed by atoms with Crippen molar-refractivity contribution in [1.82, 2.24) is 0 Å². The molecular weight excluding hydrogens is 241 g/mol. The first-order valence-corrected chi connectivity index (χ1v) is 5.99. The van der Waals surface area contributed by atoms with E-state index < -0.39 is 5.60 Å². The van der Waals surface area contributed by atoms with E-state index in [-0.39, 0.29) is 12.2 Å². The summed E-state index contributed by atoms with van der Waals surface area (Å²) in [6.07, 6.45) is 0.161. The Kier molecular flexibility index (Phi) is 3.64. The molecule has 0 heterocycles. The van der Waals surface area contributed by atoms with Crippen LogP contribution in [-0.4, -0.2) is 5.11 Å². The first-order chi connectivity index (χ1) is 9.03. The van der Waals surface area contributed by atoms with Gasteiger partial charge in [-0.05, 0) is 36.2 Å². The minimum Gasteiger partial charge on any atom is -0.385 e. The van der Waals surface area contributed by atoms with E-state index in [1.54, 1.807) is 49.4 Å². The van der Waals surface area contributed by atoms with E-state index in [1.807, 2.05) is 6.07 Å². The molecular formula is C16H14FNO. The van der Waals surface area contributed by atoms with Gasteiger partial charge in [0, 0.05) is 6.42 Å². The van der Waals surface area contributed by atoms with E-state index >= 15 is 0 Å². The normalized spacial score (nSPS) is 13.6. The average molecular weight is 255 g/mol. The first-order valence-electron chi connectivity index (χ1n) is 5.99. The van der Waals surface area contributed by atoms with Crippen molar-refractivity contribution in [2.24, 2.45) is 0 Å². The van der Waals surface area contributed by atoms with E-state index in [2.05, 4.69) is 0 Å². The van der Waals surface area contributed by atoms with Crippen LogP contribution in [0.1, 0.15) is 23.6 Å². The van der Waals surface area contributed by atoms with Crippen LogP contribution in [0.5, 0.6) is 0 Å². The number of nitriles is 1. The molecule has 0 spiro atoms. The second-order valence-corrected chi connectivity index (χ2v) is 4.73. The Morgan fingerprint density at radius 3 is 2.63 bits per heavy atom. The van der Waals surface area contributed by atoms with Gasteiger partial charge in [0.15, 0.2) is 0 Å². The SMILES string of the molecule is CC(O)(Cc1ccccc1F)c1cccc(C#N)c1. The van der Waals surface area contributed by atoms with E-state index in [4.69, 9.17) is 5.26 Å². The van der Waals surface area contributed by atoms with Crippen LogP contribution in [0.25, 0.3) is 0 Å². The third kappa shape index (κ3) is 2.98. The number of hydrogen-bond acceptors (Lipinski definition) is 2. The summed E-state index contributed by atoms with van der Waals surface area (Å²) < 4.78 is 13.6.